The molecule has 1 atom stereocenters. The number of nitrogens with one attached hydrogen (secondary N) is 3. The molecule has 2 aromatic carbocycles. The highest BCUT2D eigenvalue weighted by atomic mass is 35.5. The van der Waals surface area contributed by atoms with Crippen molar-refractivity contribution in [3.05, 3.63) is 105 Å². The number of aromatic nitrogens is 3. The van der Waals surface area contributed by atoms with Crippen molar-refractivity contribution in [3.63, 3.8) is 0 Å². The van der Waals surface area contributed by atoms with Crippen molar-refractivity contribution in [2.75, 3.05) is 18.0 Å². The van der Waals surface area contributed by atoms with Gasteiger partial charge in [0.25, 0.3) is 17.7 Å². The largest absolute Gasteiger partial charge is 0.349 e. The summed E-state index contributed by atoms with van der Waals surface area (Å²) >= 11 is 12.6. The molecule has 7 rings (SSSR count). The first-order chi connectivity index (χ1) is 24.4. The monoisotopic (exact) mass is 725 g/mol. The highest BCUT2D eigenvalue weighted by Gasteiger charge is 2.57. The number of imidazole rings is 1. The van der Waals surface area contributed by atoms with E-state index in [1.807, 2.05) is 0 Å². The molecule has 0 bridgehead atoms. The Hall–Kier alpha value is -5.29. The number of amides is 4. The van der Waals surface area contributed by atoms with E-state index in [1.165, 1.54) is 11.1 Å². The van der Waals surface area contributed by atoms with Gasteiger partial charge in [-0.15, -0.1) is 0 Å². The number of anilines is 2. The minimum atomic E-state index is -1.34. The van der Waals surface area contributed by atoms with Crippen LogP contribution in [0.15, 0.2) is 66.9 Å². The first-order valence-electron chi connectivity index (χ1n) is 16.4. The number of halogens is 2. The first kappa shape index (κ1) is 34.2. The van der Waals surface area contributed by atoms with Crippen LogP contribution in [0, 0.1) is 11.3 Å². The molecule has 2 aromatic heterocycles. The lowest BCUT2D eigenvalue weighted by atomic mass is 9.91. The van der Waals surface area contributed by atoms with Crippen LogP contribution in [0.1, 0.15) is 70.4 Å². The second-order valence-electron chi connectivity index (χ2n) is 13.3. The minimum absolute atomic E-state index is 0.0863. The Morgan fingerprint density at radius 3 is 2.31 bits per heavy atom. The predicted octanol–water partition coefficient (Wildman–Crippen LogP) is 3.85. The summed E-state index contributed by atoms with van der Waals surface area (Å²) in [6, 6.07) is 18.8. The summed E-state index contributed by atoms with van der Waals surface area (Å²) in [4.78, 5) is 65.3. The van der Waals surface area contributed by atoms with Crippen molar-refractivity contribution >= 4 is 58.5 Å². The Labute approximate surface area is 303 Å². The number of carbonyl (C=O) groups excluding carboxylic acids is 4. The second-order valence-corrected chi connectivity index (χ2v) is 14.2. The molecule has 13 nitrogen and oxygen atoms in total. The fourth-order valence-corrected chi connectivity index (χ4v) is 7.07. The summed E-state index contributed by atoms with van der Waals surface area (Å²) in [5.41, 5.74) is 4.69. The topological polar surface area (TPSA) is 188 Å². The highest BCUT2D eigenvalue weighted by molar-refractivity contribution is 6.35. The summed E-state index contributed by atoms with van der Waals surface area (Å²) in [6.07, 6.45) is 3.61. The van der Waals surface area contributed by atoms with E-state index in [9.17, 15) is 24.4 Å². The van der Waals surface area contributed by atoms with Crippen LogP contribution in [0.5, 0.6) is 0 Å². The summed E-state index contributed by atoms with van der Waals surface area (Å²) in [7, 11) is 0. The third-order valence-electron chi connectivity index (χ3n) is 9.61. The van der Waals surface area contributed by atoms with E-state index in [0.717, 1.165) is 5.56 Å². The number of benzene rings is 2. The van der Waals surface area contributed by atoms with Gasteiger partial charge in [-0.2, -0.15) is 5.26 Å². The van der Waals surface area contributed by atoms with Gasteiger partial charge in [0.05, 0.1) is 34.7 Å². The molecule has 5 N–H and O–H groups in total. The van der Waals surface area contributed by atoms with Gasteiger partial charge in [-0.05, 0) is 80.6 Å². The molecule has 15 heteroatoms. The van der Waals surface area contributed by atoms with Gasteiger partial charge in [0.1, 0.15) is 22.5 Å². The summed E-state index contributed by atoms with van der Waals surface area (Å²) < 4.78 is 1.58. The van der Waals surface area contributed by atoms with Crippen molar-refractivity contribution in [2.45, 2.75) is 55.6 Å². The molecule has 0 saturated heterocycles. The molecule has 3 heterocycles. The number of hydrogen-bond acceptors (Lipinski definition) is 8. The fourth-order valence-electron chi connectivity index (χ4n) is 6.55. The maximum absolute atomic E-state index is 14.4. The van der Waals surface area contributed by atoms with Gasteiger partial charge >= 0.3 is 0 Å². The van der Waals surface area contributed by atoms with E-state index in [-0.39, 0.29) is 41.5 Å². The zero-order valence-electron chi connectivity index (χ0n) is 27.5. The third kappa shape index (κ3) is 6.20. The molecule has 0 radical (unpaired) electrons. The minimum Gasteiger partial charge on any atom is -0.349 e. The average Bonchev–Trinajstić information content (AvgIpc) is 4.02. The summed E-state index contributed by atoms with van der Waals surface area (Å²) in [5, 5.41) is 18.7. The van der Waals surface area contributed by atoms with Crippen molar-refractivity contribution < 1.29 is 19.2 Å². The molecule has 4 amide bonds. The molecule has 2 fully saturated rings. The van der Waals surface area contributed by atoms with Crippen LogP contribution in [-0.4, -0.2) is 56.8 Å². The van der Waals surface area contributed by atoms with E-state index < -0.39 is 22.5 Å². The standard InChI is InChI=1S/C36H33Cl2N9O4/c1-34(18-21-5-7-22(19-40)8-6-21)32(51)46(25-16-23(37)15-24(38)17-25)33-42-20-27(47(33)34)30(49)44-36(11-12-36)31(50)45-35(9-10-35)28-4-2-3-26(43-28)29(48)41-14-13-39/h2-8,15-17,20H,9-14,18,39H2,1H3,(H,41,48)(H,44,49)(H,45,50)/t34-/m1/s1. The predicted molar refractivity (Wildman–Crippen MR) is 188 cm³/mol. The van der Waals surface area contributed by atoms with E-state index in [0.29, 0.717) is 65.8 Å². The van der Waals surface area contributed by atoms with Gasteiger partial charge < -0.3 is 21.7 Å². The third-order valence-corrected chi connectivity index (χ3v) is 10.0. The quantitative estimate of drug-likeness (QED) is 0.179. The lowest BCUT2D eigenvalue weighted by Crippen LogP contribution is -2.52. The summed E-state index contributed by atoms with van der Waals surface area (Å²) in [6.45, 7) is 2.32. The Balaban J connectivity index is 1.17. The maximum atomic E-state index is 14.4. The van der Waals surface area contributed by atoms with Crippen molar-refractivity contribution in [3.8, 4) is 6.07 Å². The Kier molecular flexibility index (Phi) is 8.57. The Morgan fingerprint density at radius 2 is 1.69 bits per heavy atom. The number of rotatable bonds is 11. The van der Waals surface area contributed by atoms with Crippen molar-refractivity contribution in [1.82, 2.24) is 30.5 Å². The molecule has 0 spiro atoms. The van der Waals surface area contributed by atoms with Crippen LogP contribution < -0.4 is 26.6 Å². The molecule has 2 aliphatic carbocycles. The molecular weight excluding hydrogens is 693 g/mol. The van der Waals surface area contributed by atoms with Gasteiger partial charge in [0.2, 0.25) is 11.9 Å². The van der Waals surface area contributed by atoms with Crippen LogP contribution in [-0.2, 0) is 27.1 Å². The zero-order chi connectivity index (χ0) is 36.1. The van der Waals surface area contributed by atoms with E-state index in [4.69, 9.17) is 28.9 Å². The smallest absolute Gasteiger partial charge is 0.270 e. The number of nitriles is 1. The number of pyridine rings is 1. The molecular formula is C36H33Cl2N9O4. The molecule has 260 valence electrons. The maximum Gasteiger partial charge on any atom is 0.270 e. The molecule has 0 unspecified atom stereocenters. The van der Waals surface area contributed by atoms with Gasteiger partial charge in [-0.25, -0.2) is 14.9 Å². The lowest BCUT2D eigenvalue weighted by molar-refractivity contribution is -0.125. The number of nitrogens with zero attached hydrogens (tertiary/aromatic N) is 5. The number of hydrogen-bond donors (Lipinski definition) is 4. The SMILES string of the molecule is C[C@@]1(Cc2ccc(C#N)cc2)C(=O)N(c2cc(Cl)cc(Cl)c2)c2ncc(C(=O)NC3(C(=O)NC4(c5cccc(C(=O)NCCN)n5)CC4)CC3)n21. The Bertz CT molecular complexity index is 2120. The molecule has 2 saturated carbocycles. The molecule has 1 aliphatic heterocycles. The van der Waals surface area contributed by atoms with Crippen molar-refractivity contribution in [1.29, 1.82) is 5.26 Å². The van der Waals surface area contributed by atoms with E-state index >= 15 is 0 Å². The van der Waals surface area contributed by atoms with Gasteiger partial charge in [-0.3, -0.25) is 23.7 Å². The van der Waals surface area contributed by atoms with E-state index in [1.54, 1.807) is 72.2 Å². The molecule has 3 aliphatic rings. The van der Waals surface area contributed by atoms with Crippen LogP contribution in [0.2, 0.25) is 10.0 Å². The van der Waals surface area contributed by atoms with E-state index in [2.05, 4.69) is 32.0 Å². The number of carbonyl (C=O) groups is 4. The van der Waals surface area contributed by atoms with Crippen LogP contribution >= 0.6 is 23.2 Å². The van der Waals surface area contributed by atoms with Gasteiger partial charge in [-0.1, -0.05) is 41.4 Å². The van der Waals surface area contributed by atoms with Gasteiger partial charge in [0.15, 0.2) is 0 Å². The first-order valence-corrected chi connectivity index (χ1v) is 17.2. The van der Waals surface area contributed by atoms with Crippen LogP contribution in [0.25, 0.3) is 0 Å². The van der Waals surface area contributed by atoms with Gasteiger partial charge in [0, 0.05) is 29.6 Å². The van der Waals surface area contributed by atoms with Crippen molar-refractivity contribution in [2.24, 2.45) is 5.73 Å². The van der Waals surface area contributed by atoms with Crippen LogP contribution in [0.3, 0.4) is 0 Å². The number of fused-ring (bicyclic) bond motifs is 1. The number of nitrogens with two attached hydrogens (primary N) is 1. The van der Waals surface area contributed by atoms with Crippen LogP contribution in [0.4, 0.5) is 11.6 Å². The fraction of sp³-hybridized carbons (Fsp3) is 0.306. The highest BCUT2D eigenvalue weighted by Crippen LogP contribution is 2.47. The molecule has 4 aromatic rings. The molecule has 51 heavy (non-hydrogen) atoms. The average molecular weight is 727 g/mol. The normalized spacial score (nSPS) is 19.1. The summed E-state index contributed by atoms with van der Waals surface area (Å²) in [5.74, 6) is -1.48. The zero-order valence-corrected chi connectivity index (χ0v) is 29.0. The Morgan fingerprint density at radius 1 is 0.980 bits per heavy atom. The second kappa shape index (κ2) is 12.8. The lowest BCUT2D eigenvalue weighted by Gasteiger charge is -2.27.